The zero-order chi connectivity index (χ0) is 18.6. The van der Waals surface area contributed by atoms with Crippen molar-refractivity contribution < 1.29 is 18.0 Å². The van der Waals surface area contributed by atoms with Gasteiger partial charge >= 0.3 is 6.18 Å². The van der Waals surface area contributed by atoms with Crippen molar-refractivity contribution in [1.82, 2.24) is 14.4 Å². The first-order chi connectivity index (χ1) is 11.7. The van der Waals surface area contributed by atoms with Crippen molar-refractivity contribution in [2.24, 2.45) is 5.92 Å². The van der Waals surface area contributed by atoms with Crippen LogP contribution in [0.2, 0.25) is 0 Å². The Balaban J connectivity index is 1.95. The third-order valence-electron chi connectivity index (χ3n) is 4.38. The highest BCUT2D eigenvalue weighted by molar-refractivity contribution is 5.76. The van der Waals surface area contributed by atoms with E-state index in [2.05, 4.69) is 18.7 Å². The predicted octanol–water partition coefficient (Wildman–Crippen LogP) is 2.06. The molecular formula is C17H24F3N3O2. The molecule has 2 heterocycles. The molecule has 1 aliphatic heterocycles. The SMILES string of the molecule is CC(C)CCN1CCN(C(=O)Cn2cccc(C(F)(F)F)c2=O)CC1. The van der Waals surface area contributed by atoms with Gasteiger partial charge in [-0.3, -0.25) is 14.5 Å². The second-order valence-electron chi connectivity index (χ2n) is 6.76. The van der Waals surface area contributed by atoms with Gasteiger partial charge in [-0.1, -0.05) is 13.8 Å². The van der Waals surface area contributed by atoms with Crippen LogP contribution in [0.3, 0.4) is 0 Å². The topological polar surface area (TPSA) is 45.5 Å². The van der Waals surface area contributed by atoms with E-state index in [-0.39, 0.29) is 12.5 Å². The molecule has 0 aromatic carbocycles. The molecule has 1 aromatic rings. The average molecular weight is 359 g/mol. The summed E-state index contributed by atoms with van der Waals surface area (Å²) in [7, 11) is 0. The summed E-state index contributed by atoms with van der Waals surface area (Å²) in [5.41, 5.74) is -2.43. The summed E-state index contributed by atoms with van der Waals surface area (Å²) in [6.07, 6.45) is -2.41. The van der Waals surface area contributed by atoms with Gasteiger partial charge in [0.1, 0.15) is 12.1 Å². The van der Waals surface area contributed by atoms with Crippen molar-refractivity contribution in [2.75, 3.05) is 32.7 Å². The smallest absolute Gasteiger partial charge is 0.339 e. The van der Waals surface area contributed by atoms with Crippen LogP contribution in [0.1, 0.15) is 25.8 Å². The number of amides is 1. The van der Waals surface area contributed by atoms with Gasteiger partial charge in [0.15, 0.2) is 0 Å². The quantitative estimate of drug-likeness (QED) is 0.808. The molecule has 25 heavy (non-hydrogen) atoms. The van der Waals surface area contributed by atoms with E-state index < -0.39 is 17.3 Å². The Hall–Kier alpha value is -1.83. The largest absolute Gasteiger partial charge is 0.421 e. The normalized spacial score (nSPS) is 16.5. The molecule has 2 rings (SSSR count). The van der Waals surface area contributed by atoms with Crippen LogP contribution in [0.25, 0.3) is 0 Å². The summed E-state index contributed by atoms with van der Waals surface area (Å²) in [6, 6.07) is 1.87. The number of carbonyl (C=O) groups excluding carboxylic acids is 1. The van der Waals surface area contributed by atoms with Gasteiger partial charge < -0.3 is 9.47 Å². The number of halogens is 3. The molecule has 0 saturated carbocycles. The zero-order valence-electron chi connectivity index (χ0n) is 14.6. The van der Waals surface area contributed by atoms with Gasteiger partial charge in [-0.2, -0.15) is 13.2 Å². The third-order valence-corrected chi connectivity index (χ3v) is 4.38. The van der Waals surface area contributed by atoms with Crippen LogP contribution >= 0.6 is 0 Å². The molecule has 0 unspecified atom stereocenters. The third kappa shape index (κ3) is 5.32. The molecule has 1 aliphatic rings. The van der Waals surface area contributed by atoms with Crippen LogP contribution < -0.4 is 5.56 Å². The van der Waals surface area contributed by atoms with E-state index in [1.54, 1.807) is 4.90 Å². The van der Waals surface area contributed by atoms with Crippen molar-refractivity contribution in [2.45, 2.75) is 33.0 Å². The number of rotatable bonds is 5. The Morgan fingerprint density at radius 3 is 2.40 bits per heavy atom. The molecule has 140 valence electrons. The van der Waals surface area contributed by atoms with E-state index >= 15 is 0 Å². The lowest BCUT2D eigenvalue weighted by Crippen LogP contribution is -2.50. The Morgan fingerprint density at radius 2 is 1.84 bits per heavy atom. The highest BCUT2D eigenvalue weighted by atomic mass is 19.4. The summed E-state index contributed by atoms with van der Waals surface area (Å²) in [4.78, 5) is 28.1. The first-order valence-corrected chi connectivity index (χ1v) is 8.45. The van der Waals surface area contributed by atoms with E-state index in [0.29, 0.717) is 19.0 Å². The van der Waals surface area contributed by atoms with Crippen molar-refractivity contribution in [1.29, 1.82) is 0 Å². The lowest BCUT2D eigenvalue weighted by molar-refractivity contribution is -0.140. The molecule has 0 N–H and O–H groups in total. The van der Waals surface area contributed by atoms with Crippen LogP contribution in [0, 0.1) is 5.92 Å². The first-order valence-electron chi connectivity index (χ1n) is 8.45. The predicted molar refractivity (Wildman–Crippen MR) is 88.2 cm³/mol. The van der Waals surface area contributed by atoms with E-state index in [0.717, 1.165) is 42.8 Å². The molecule has 1 aromatic heterocycles. The summed E-state index contributed by atoms with van der Waals surface area (Å²) in [5.74, 6) is 0.289. The average Bonchev–Trinajstić information content (AvgIpc) is 2.54. The van der Waals surface area contributed by atoms with Crippen molar-refractivity contribution >= 4 is 5.91 Å². The molecule has 5 nitrogen and oxygen atoms in total. The monoisotopic (exact) mass is 359 g/mol. The van der Waals surface area contributed by atoms with Gasteiger partial charge in [-0.15, -0.1) is 0 Å². The standard InChI is InChI=1S/C17H24F3N3O2/c1-13(2)5-7-21-8-10-22(11-9-21)15(24)12-23-6-3-4-14(16(23)25)17(18,19)20/h3-4,6,13H,5,7-12H2,1-2H3. The summed E-state index contributed by atoms with van der Waals surface area (Å²) in [5, 5.41) is 0. The minimum absolute atomic E-state index is 0.329. The molecule has 1 fully saturated rings. The number of pyridine rings is 1. The van der Waals surface area contributed by atoms with E-state index in [1.807, 2.05) is 0 Å². The maximum Gasteiger partial charge on any atom is 0.421 e. The Morgan fingerprint density at radius 1 is 1.20 bits per heavy atom. The van der Waals surface area contributed by atoms with E-state index in [4.69, 9.17) is 0 Å². The number of alkyl halides is 3. The molecule has 8 heteroatoms. The molecule has 0 atom stereocenters. The fourth-order valence-electron chi connectivity index (χ4n) is 2.78. The van der Waals surface area contributed by atoms with E-state index in [1.165, 1.54) is 6.20 Å². The van der Waals surface area contributed by atoms with Crippen molar-refractivity contribution in [3.8, 4) is 0 Å². The van der Waals surface area contributed by atoms with Crippen LogP contribution in [0.5, 0.6) is 0 Å². The minimum atomic E-state index is -4.72. The van der Waals surface area contributed by atoms with Gasteiger partial charge in [0.25, 0.3) is 5.56 Å². The number of piperazine rings is 1. The summed E-state index contributed by atoms with van der Waals surface area (Å²) in [6.45, 7) is 7.49. The Labute approximate surface area is 145 Å². The van der Waals surface area contributed by atoms with Gasteiger partial charge in [0.2, 0.25) is 5.91 Å². The zero-order valence-corrected chi connectivity index (χ0v) is 14.6. The fourth-order valence-corrected chi connectivity index (χ4v) is 2.78. The molecule has 1 amide bonds. The summed E-state index contributed by atoms with van der Waals surface area (Å²) < 4.78 is 39.2. The number of hydrogen-bond acceptors (Lipinski definition) is 3. The van der Waals surface area contributed by atoms with Crippen molar-refractivity contribution in [3.63, 3.8) is 0 Å². The van der Waals surface area contributed by atoms with Gasteiger partial charge in [-0.25, -0.2) is 0 Å². The molecule has 0 aliphatic carbocycles. The molecule has 0 bridgehead atoms. The van der Waals surface area contributed by atoms with Gasteiger partial charge in [0, 0.05) is 32.4 Å². The van der Waals surface area contributed by atoms with Gasteiger partial charge in [-0.05, 0) is 31.0 Å². The number of carbonyl (C=O) groups is 1. The number of nitrogens with zero attached hydrogens (tertiary/aromatic N) is 3. The summed E-state index contributed by atoms with van der Waals surface area (Å²) >= 11 is 0. The Kier molecular flexibility index (Phi) is 6.26. The highest BCUT2D eigenvalue weighted by Gasteiger charge is 2.34. The number of hydrogen-bond donors (Lipinski definition) is 0. The van der Waals surface area contributed by atoms with E-state index in [9.17, 15) is 22.8 Å². The Bertz CT molecular complexity index is 647. The second kappa shape index (κ2) is 8.03. The van der Waals surface area contributed by atoms with Crippen LogP contribution in [-0.4, -0.2) is 53.0 Å². The highest BCUT2D eigenvalue weighted by Crippen LogP contribution is 2.25. The fraction of sp³-hybridized carbons (Fsp3) is 0.647. The van der Waals surface area contributed by atoms with Crippen LogP contribution in [0.15, 0.2) is 23.1 Å². The van der Waals surface area contributed by atoms with Crippen LogP contribution in [0.4, 0.5) is 13.2 Å². The molecule has 0 spiro atoms. The maximum absolute atomic E-state index is 12.8. The lowest BCUT2D eigenvalue weighted by atomic mass is 10.1. The molecular weight excluding hydrogens is 335 g/mol. The number of aromatic nitrogens is 1. The van der Waals surface area contributed by atoms with Crippen LogP contribution in [-0.2, 0) is 17.5 Å². The molecule has 1 saturated heterocycles. The first kappa shape index (κ1) is 19.5. The minimum Gasteiger partial charge on any atom is -0.339 e. The lowest BCUT2D eigenvalue weighted by Gasteiger charge is -2.35. The van der Waals surface area contributed by atoms with Crippen molar-refractivity contribution in [3.05, 3.63) is 34.2 Å². The second-order valence-corrected chi connectivity index (χ2v) is 6.76. The maximum atomic E-state index is 12.8. The molecule has 0 radical (unpaired) electrons. The van der Waals surface area contributed by atoms with Gasteiger partial charge in [0.05, 0.1) is 0 Å².